The van der Waals surface area contributed by atoms with E-state index >= 15 is 0 Å². The Bertz CT molecular complexity index is 814. The van der Waals surface area contributed by atoms with Crippen molar-refractivity contribution in [2.24, 2.45) is 0 Å². The first-order valence-corrected chi connectivity index (χ1v) is 9.51. The molecule has 2 aromatic rings. The van der Waals surface area contributed by atoms with Gasteiger partial charge in [0.2, 0.25) is 0 Å². The summed E-state index contributed by atoms with van der Waals surface area (Å²) >= 11 is 1.34. The van der Waals surface area contributed by atoms with Gasteiger partial charge in [-0.2, -0.15) is 5.26 Å². The van der Waals surface area contributed by atoms with Gasteiger partial charge >= 0.3 is 0 Å². The van der Waals surface area contributed by atoms with Gasteiger partial charge < -0.3 is 10.6 Å². The summed E-state index contributed by atoms with van der Waals surface area (Å²) in [6, 6.07) is 5.84. The standard InChI is InChI=1S/C18H22N6OS/c1-23(12-16-21-7-4-15(20)22-16)14-3-2-8-24(9-5-14)18(25)17-13(11-19)6-10-26-17/h4,6-7,10,14H,2-3,5,8-9,12H2,1H3,(H2,20,21,22). The Balaban J connectivity index is 1.61. The highest BCUT2D eigenvalue weighted by atomic mass is 32.1. The Kier molecular flexibility index (Phi) is 5.81. The molecule has 136 valence electrons. The number of likely N-dealkylation sites (tertiary alicyclic amines) is 1. The lowest BCUT2D eigenvalue weighted by molar-refractivity contribution is 0.0762. The number of hydrogen-bond donors (Lipinski definition) is 1. The van der Waals surface area contributed by atoms with Crippen molar-refractivity contribution >= 4 is 23.1 Å². The van der Waals surface area contributed by atoms with Crippen LogP contribution in [0.2, 0.25) is 0 Å². The van der Waals surface area contributed by atoms with Gasteiger partial charge in [-0.25, -0.2) is 9.97 Å². The van der Waals surface area contributed by atoms with Crippen molar-refractivity contribution in [3.8, 4) is 6.07 Å². The molecule has 0 bridgehead atoms. The molecule has 3 rings (SSSR count). The van der Waals surface area contributed by atoms with Crippen LogP contribution in [0.5, 0.6) is 0 Å². The monoisotopic (exact) mass is 370 g/mol. The number of nitrogens with zero attached hydrogens (tertiary/aromatic N) is 5. The topological polar surface area (TPSA) is 99.1 Å². The zero-order valence-corrected chi connectivity index (χ0v) is 15.6. The normalized spacial score (nSPS) is 17.7. The molecule has 1 amide bonds. The van der Waals surface area contributed by atoms with Gasteiger partial charge in [0.15, 0.2) is 0 Å². The summed E-state index contributed by atoms with van der Waals surface area (Å²) in [5.41, 5.74) is 6.19. The number of nitrogens with two attached hydrogens (primary N) is 1. The highest BCUT2D eigenvalue weighted by Crippen LogP contribution is 2.22. The third-order valence-electron chi connectivity index (χ3n) is 4.71. The van der Waals surface area contributed by atoms with E-state index < -0.39 is 0 Å². The smallest absolute Gasteiger partial charge is 0.265 e. The Hall–Kier alpha value is -2.50. The van der Waals surface area contributed by atoms with E-state index in [4.69, 9.17) is 11.0 Å². The third kappa shape index (κ3) is 4.18. The predicted octanol–water partition coefficient (Wildman–Crippen LogP) is 2.12. The maximum absolute atomic E-state index is 12.7. The molecule has 1 aliphatic rings. The van der Waals surface area contributed by atoms with Gasteiger partial charge in [0.25, 0.3) is 5.91 Å². The highest BCUT2D eigenvalue weighted by molar-refractivity contribution is 7.12. The molecule has 3 heterocycles. The average Bonchev–Trinajstić information content (AvgIpc) is 2.97. The number of anilines is 1. The van der Waals surface area contributed by atoms with Crippen LogP contribution in [0.4, 0.5) is 5.82 Å². The van der Waals surface area contributed by atoms with Crippen molar-refractivity contribution in [3.63, 3.8) is 0 Å². The number of carbonyl (C=O) groups excluding carboxylic acids is 1. The lowest BCUT2D eigenvalue weighted by atomic mass is 10.1. The fraction of sp³-hybridized carbons (Fsp3) is 0.444. The van der Waals surface area contributed by atoms with Gasteiger partial charge in [-0.3, -0.25) is 9.69 Å². The number of hydrogen-bond acceptors (Lipinski definition) is 7. The van der Waals surface area contributed by atoms with Crippen LogP contribution >= 0.6 is 11.3 Å². The van der Waals surface area contributed by atoms with E-state index in [9.17, 15) is 4.79 Å². The number of carbonyl (C=O) groups is 1. The molecule has 1 atom stereocenters. The molecule has 1 fully saturated rings. The Morgan fingerprint density at radius 2 is 2.31 bits per heavy atom. The van der Waals surface area contributed by atoms with Crippen LogP contribution in [0, 0.1) is 11.3 Å². The van der Waals surface area contributed by atoms with E-state index in [2.05, 4.69) is 28.0 Å². The average molecular weight is 370 g/mol. The van der Waals surface area contributed by atoms with E-state index in [1.54, 1.807) is 23.7 Å². The van der Waals surface area contributed by atoms with Gasteiger partial charge in [0.05, 0.1) is 12.1 Å². The summed E-state index contributed by atoms with van der Waals surface area (Å²) in [5.74, 6) is 1.16. The quantitative estimate of drug-likeness (QED) is 0.885. The van der Waals surface area contributed by atoms with Crippen LogP contribution in [-0.2, 0) is 6.54 Å². The van der Waals surface area contributed by atoms with E-state index in [0.29, 0.717) is 41.2 Å². The fourth-order valence-electron chi connectivity index (χ4n) is 3.27. The summed E-state index contributed by atoms with van der Waals surface area (Å²) in [6.45, 7) is 2.04. The van der Waals surface area contributed by atoms with Crippen molar-refractivity contribution in [1.82, 2.24) is 19.8 Å². The molecule has 8 heteroatoms. The third-order valence-corrected chi connectivity index (χ3v) is 5.61. The second kappa shape index (κ2) is 8.25. The lowest BCUT2D eigenvalue weighted by Crippen LogP contribution is -2.35. The minimum Gasteiger partial charge on any atom is -0.384 e. The van der Waals surface area contributed by atoms with Crippen LogP contribution < -0.4 is 5.73 Å². The molecular weight excluding hydrogens is 348 g/mol. The molecule has 0 radical (unpaired) electrons. The van der Waals surface area contributed by atoms with Crippen LogP contribution in [0.1, 0.15) is 40.3 Å². The van der Waals surface area contributed by atoms with Gasteiger partial charge in [-0.05, 0) is 43.8 Å². The minimum atomic E-state index is -0.0287. The number of rotatable bonds is 4. The molecule has 1 aliphatic heterocycles. The van der Waals surface area contributed by atoms with Gasteiger partial charge in [0.1, 0.15) is 22.6 Å². The second-order valence-corrected chi connectivity index (χ2v) is 7.38. The first-order valence-electron chi connectivity index (χ1n) is 8.63. The summed E-state index contributed by atoms with van der Waals surface area (Å²) in [7, 11) is 2.06. The number of aromatic nitrogens is 2. The van der Waals surface area contributed by atoms with Crippen molar-refractivity contribution in [2.45, 2.75) is 31.8 Å². The minimum absolute atomic E-state index is 0.0287. The number of nitriles is 1. The lowest BCUT2D eigenvalue weighted by Gasteiger charge is -2.26. The van der Waals surface area contributed by atoms with E-state index in [1.165, 1.54) is 11.3 Å². The SMILES string of the molecule is CN(Cc1nccc(N)n1)C1CCCN(C(=O)c2sccc2C#N)CC1. The van der Waals surface area contributed by atoms with Crippen molar-refractivity contribution in [3.05, 3.63) is 40.0 Å². The zero-order chi connectivity index (χ0) is 18.5. The molecule has 0 aromatic carbocycles. The van der Waals surface area contributed by atoms with Crippen LogP contribution in [0.25, 0.3) is 0 Å². The van der Waals surface area contributed by atoms with Crippen molar-refractivity contribution < 1.29 is 4.79 Å². The largest absolute Gasteiger partial charge is 0.384 e. The second-order valence-electron chi connectivity index (χ2n) is 6.46. The van der Waals surface area contributed by atoms with Gasteiger partial charge in [-0.15, -0.1) is 11.3 Å². The number of nitrogen functional groups attached to an aromatic ring is 1. The Morgan fingerprint density at radius 1 is 1.46 bits per heavy atom. The Labute approximate surface area is 157 Å². The van der Waals surface area contributed by atoms with Crippen molar-refractivity contribution in [2.75, 3.05) is 25.9 Å². The zero-order valence-electron chi connectivity index (χ0n) is 14.8. The maximum Gasteiger partial charge on any atom is 0.265 e. The Morgan fingerprint density at radius 3 is 3.08 bits per heavy atom. The highest BCUT2D eigenvalue weighted by Gasteiger charge is 2.26. The summed E-state index contributed by atoms with van der Waals surface area (Å²) in [6.07, 6.45) is 4.51. The first-order chi connectivity index (χ1) is 12.6. The molecule has 0 saturated carbocycles. The van der Waals surface area contributed by atoms with Gasteiger partial charge in [0, 0.05) is 25.3 Å². The first kappa shape index (κ1) is 18.3. The summed E-state index contributed by atoms with van der Waals surface area (Å²) in [5, 5.41) is 10.9. The molecule has 1 saturated heterocycles. The van der Waals surface area contributed by atoms with Crippen molar-refractivity contribution in [1.29, 1.82) is 5.26 Å². The predicted molar refractivity (Wildman–Crippen MR) is 100 cm³/mol. The maximum atomic E-state index is 12.7. The molecule has 2 aromatic heterocycles. The van der Waals surface area contributed by atoms with Crippen LogP contribution in [0.3, 0.4) is 0 Å². The molecule has 0 spiro atoms. The summed E-state index contributed by atoms with van der Waals surface area (Å²) in [4.78, 5) is 25.9. The molecular formula is C18H22N6OS. The molecule has 26 heavy (non-hydrogen) atoms. The summed E-state index contributed by atoms with van der Waals surface area (Å²) < 4.78 is 0. The van der Waals surface area contributed by atoms with Crippen LogP contribution in [0.15, 0.2) is 23.7 Å². The molecule has 2 N–H and O–H groups in total. The molecule has 7 nitrogen and oxygen atoms in total. The molecule has 1 unspecified atom stereocenters. The number of amides is 1. The molecule has 0 aliphatic carbocycles. The van der Waals surface area contributed by atoms with Gasteiger partial charge in [-0.1, -0.05) is 0 Å². The van der Waals surface area contributed by atoms with Crippen LogP contribution in [-0.4, -0.2) is 51.9 Å². The van der Waals surface area contributed by atoms with E-state index in [0.717, 1.165) is 25.8 Å². The fourth-order valence-corrected chi connectivity index (χ4v) is 4.08. The van der Waals surface area contributed by atoms with E-state index in [1.807, 2.05) is 4.90 Å². The van der Waals surface area contributed by atoms with E-state index in [-0.39, 0.29) is 5.91 Å². The number of thiophene rings is 1.